The molecule has 0 saturated carbocycles. The number of hydrogen-bond acceptors (Lipinski definition) is 2. The zero-order valence-corrected chi connectivity index (χ0v) is 8.27. The maximum absolute atomic E-state index is 10.5. The Kier molecular flexibility index (Phi) is 4.65. The summed E-state index contributed by atoms with van der Waals surface area (Å²) in [6.07, 6.45) is 3.25. The van der Waals surface area contributed by atoms with E-state index in [4.69, 9.17) is 4.74 Å². The third-order valence-electron chi connectivity index (χ3n) is 1.68. The van der Waals surface area contributed by atoms with E-state index in [-0.39, 0.29) is 5.78 Å². The first kappa shape index (κ1) is 10.7. The number of rotatable bonds is 5. The summed E-state index contributed by atoms with van der Waals surface area (Å²) >= 11 is 0. The van der Waals surface area contributed by atoms with Crippen molar-refractivity contribution in [1.82, 2.24) is 0 Å². The molecule has 74 valence electrons. The van der Waals surface area contributed by atoms with E-state index < -0.39 is 0 Å². The van der Waals surface area contributed by atoms with E-state index in [0.29, 0.717) is 13.2 Å². The molecule has 0 N–H and O–H groups in total. The van der Waals surface area contributed by atoms with Gasteiger partial charge >= 0.3 is 0 Å². The number of allylic oxidation sites excluding steroid dienone is 1. The Labute approximate surface area is 84.2 Å². The summed E-state index contributed by atoms with van der Waals surface area (Å²) < 4.78 is 5.33. The fraction of sp³-hybridized carbons (Fsp3) is 0.250. The van der Waals surface area contributed by atoms with E-state index in [1.165, 1.54) is 13.0 Å². The largest absolute Gasteiger partial charge is 0.373 e. The molecule has 2 nitrogen and oxygen atoms in total. The van der Waals surface area contributed by atoms with Crippen molar-refractivity contribution in [3.05, 3.63) is 48.0 Å². The van der Waals surface area contributed by atoms with E-state index >= 15 is 0 Å². The third-order valence-corrected chi connectivity index (χ3v) is 1.68. The highest BCUT2D eigenvalue weighted by molar-refractivity contribution is 5.87. The minimum Gasteiger partial charge on any atom is -0.373 e. The molecule has 2 heteroatoms. The Balaban J connectivity index is 2.19. The SMILES string of the molecule is CC(=O)/C=C/COCc1ccccc1. The molecule has 0 saturated heterocycles. The van der Waals surface area contributed by atoms with Crippen LogP contribution in [0.3, 0.4) is 0 Å². The lowest BCUT2D eigenvalue weighted by molar-refractivity contribution is -0.112. The van der Waals surface area contributed by atoms with Gasteiger partial charge in [0, 0.05) is 0 Å². The molecule has 0 aliphatic rings. The molecule has 0 radical (unpaired) electrons. The normalized spacial score (nSPS) is 10.6. The van der Waals surface area contributed by atoms with Crippen LogP contribution in [0.5, 0.6) is 0 Å². The quantitative estimate of drug-likeness (QED) is 0.526. The smallest absolute Gasteiger partial charge is 0.152 e. The molecule has 0 heterocycles. The lowest BCUT2D eigenvalue weighted by Gasteiger charge is -2.00. The summed E-state index contributed by atoms with van der Waals surface area (Å²) in [5, 5.41) is 0. The van der Waals surface area contributed by atoms with Crippen molar-refractivity contribution in [3.63, 3.8) is 0 Å². The Hall–Kier alpha value is -1.41. The molecule has 1 aromatic carbocycles. The van der Waals surface area contributed by atoms with Gasteiger partial charge in [-0.3, -0.25) is 4.79 Å². The Morgan fingerprint density at radius 1 is 1.36 bits per heavy atom. The second-order valence-corrected chi connectivity index (χ2v) is 3.01. The van der Waals surface area contributed by atoms with Crippen LogP contribution in [0.1, 0.15) is 12.5 Å². The van der Waals surface area contributed by atoms with Gasteiger partial charge in [-0.1, -0.05) is 36.4 Å². The van der Waals surface area contributed by atoms with Crippen molar-refractivity contribution in [2.24, 2.45) is 0 Å². The molecule has 1 rings (SSSR count). The highest BCUT2D eigenvalue weighted by atomic mass is 16.5. The van der Waals surface area contributed by atoms with Gasteiger partial charge < -0.3 is 4.74 Å². The van der Waals surface area contributed by atoms with Crippen LogP contribution in [0.25, 0.3) is 0 Å². The average molecular weight is 190 g/mol. The van der Waals surface area contributed by atoms with Gasteiger partial charge in [0.1, 0.15) is 0 Å². The molecule has 0 aliphatic carbocycles. The summed E-state index contributed by atoms with van der Waals surface area (Å²) in [5.74, 6) is 0.0494. The highest BCUT2D eigenvalue weighted by Crippen LogP contribution is 1.99. The lowest BCUT2D eigenvalue weighted by Crippen LogP contribution is -1.93. The van der Waals surface area contributed by atoms with Gasteiger partial charge in [-0.2, -0.15) is 0 Å². The average Bonchev–Trinajstić information content (AvgIpc) is 2.18. The monoisotopic (exact) mass is 190 g/mol. The van der Waals surface area contributed by atoms with Gasteiger partial charge in [0.05, 0.1) is 13.2 Å². The van der Waals surface area contributed by atoms with Crippen molar-refractivity contribution in [2.75, 3.05) is 6.61 Å². The minimum atomic E-state index is 0.0494. The van der Waals surface area contributed by atoms with Gasteiger partial charge in [0.15, 0.2) is 5.78 Å². The molecule has 0 atom stereocenters. The highest BCUT2D eigenvalue weighted by Gasteiger charge is 1.89. The summed E-state index contributed by atoms with van der Waals surface area (Å²) in [6.45, 7) is 2.59. The number of ether oxygens (including phenoxy) is 1. The Morgan fingerprint density at radius 2 is 2.07 bits per heavy atom. The van der Waals surface area contributed by atoms with Gasteiger partial charge in [0.25, 0.3) is 0 Å². The van der Waals surface area contributed by atoms with E-state index in [2.05, 4.69) is 0 Å². The Bertz CT molecular complexity index is 301. The molecule has 14 heavy (non-hydrogen) atoms. The van der Waals surface area contributed by atoms with Gasteiger partial charge in [-0.25, -0.2) is 0 Å². The summed E-state index contributed by atoms with van der Waals surface area (Å²) in [4.78, 5) is 10.5. The molecule has 0 bridgehead atoms. The first-order chi connectivity index (χ1) is 6.79. The van der Waals surface area contributed by atoms with Crippen LogP contribution in [0.4, 0.5) is 0 Å². The fourth-order valence-electron chi connectivity index (χ4n) is 1.03. The van der Waals surface area contributed by atoms with Crippen molar-refractivity contribution >= 4 is 5.78 Å². The molecule has 0 fully saturated rings. The van der Waals surface area contributed by atoms with Crippen LogP contribution in [-0.2, 0) is 16.1 Å². The van der Waals surface area contributed by atoms with E-state index in [1.54, 1.807) is 6.08 Å². The van der Waals surface area contributed by atoms with Crippen LogP contribution in [0.2, 0.25) is 0 Å². The molecule has 0 unspecified atom stereocenters. The Morgan fingerprint density at radius 3 is 2.71 bits per heavy atom. The van der Waals surface area contributed by atoms with Crippen LogP contribution < -0.4 is 0 Å². The van der Waals surface area contributed by atoms with Gasteiger partial charge in [-0.15, -0.1) is 0 Å². The van der Waals surface area contributed by atoms with E-state index in [9.17, 15) is 4.79 Å². The first-order valence-corrected chi connectivity index (χ1v) is 4.58. The number of carbonyl (C=O) groups excluding carboxylic acids is 1. The fourth-order valence-corrected chi connectivity index (χ4v) is 1.03. The van der Waals surface area contributed by atoms with Crippen molar-refractivity contribution < 1.29 is 9.53 Å². The molecule has 0 aromatic heterocycles. The zero-order chi connectivity index (χ0) is 10.2. The first-order valence-electron chi connectivity index (χ1n) is 4.58. The summed E-state index contributed by atoms with van der Waals surface area (Å²) in [6, 6.07) is 9.94. The van der Waals surface area contributed by atoms with E-state index in [0.717, 1.165) is 5.56 Å². The predicted molar refractivity (Wildman–Crippen MR) is 55.9 cm³/mol. The number of ketones is 1. The zero-order valence-electron chi connectivity index (χ0n) is 8.27. The van der Waals surface area contributed by atoms with Crippen LogP contribution in [-0.4, -0.2) is 12.4 Å². The van der Waals surface area contributed by atoms with E-state index in [1.807, 2.05) is 30.3 Å². The minimum absolute atomic E-state index is 0.0494. The number of hydrogen-bond donors (Lipinski definition) is 0. The second-order valence-electron chi connectivity index (χ2n) is 3.01. The summed E-state index contributed by atoms with van der Waals surface area (Å²) in [5.41, 5.74) is 1.14. The maximum atomic E-state index is 10.5. The number of carbonyl (C=O) groups is 1. The van der Waals surface area contributed by atoms with Crippen molar-refractivity contribution in [1.29, 1.82) is 0 Å². The standard InChI is InChI=1S/C12H14O2/c1-11(13)6-5-9-14-10-12-7-3-2-4-8-12/h2-8H,9-10H2,1H3/b6-5+. The third kappa shape index (κ3) is 4.58. The molecule has 0 amide bonds. The molecule has 1 aromatic rings. The van der Waals surface area contributed by atoms with Crippen LogP contribution >= 0.6 is 0 Å². The maximum Gasteiger partial charge on any atom is 0.152 e. The van der Waals surface area contributed by atoms with Gasteiger partial charge in [0.2, 0.25) is 0 Å². The summed E-state index contributed by atoms with van der Waals surface area (Å²) in [7, 11) is 0. The lowest BCUT2D eigenvalue weighted by atomic mass is 10.2. The van der Waals surface area contributed by atoms with Crippen molar-refractivity contribution in [3.8, 4) is 0 Å². The molecule has 0 aliphatic heterocycles. The van der Waals surface area contributed by atoms with Crippen LogP contribution in [0, 0.1) is 0 Å². The van der Waals surface area contributed by atoms with Crippen molar-refractivity contribution in [2.45, 2.75) is 13.5 Å². The van der Waals surface area contributed by atoms with Gasteiger partial charge in [-0.05, 0) is 18.6 Å². The van der Waals surface area contributed by atoms with Crippen LogP contribution in [0.15, 0.2) is 42.5 Å². The second kappa shape index (κ2) is 6.11. The molecular weight excluding hydrogens is 176 g/mol. The number of benzene rings is 1. The predicted octanol–water partition coefficient (Wildman–Crippen LogP) is 2.35. The topological polar surface area (TPSA) is 26.3 Å². The molecular formula is C12H14O2. The molecule has 0 spiro atoms.